The van der Waals surface area contributed by atoms with Crippen LogP contribution in [0, 0.1) is 5.92 Å². The lowest BCUT2D eigenvalue weighted by atomic mass is 10.00. The fraction of sp³-hybridized carbons (Fsp3) is 1.00. The van der Waals surface area contributed by atoms with E-state index in [1.165, 1.54) is 25.9 Å². The molecule has 0 N–H and O–H groups in total. The molecule has 0 aliphatic carbocycles. The van der Waals surface area contributed by atoms with Crippen LogP contribution < -0.4 is 0 Å². The van der Waals surface area contributed by atoms with Crippen molar-refractivity contribution in [1.82, 2.24) is 4.90 Å². The average molecular weight is 159 g/mol. The molecule has 11 heavy (non-hydrogen) atoms. The molecule has 1 heterocycles. The summed E-state index contributed by atoms with van der Waals surface area (Å²) in [5, 5.41) is 0. The summed E-state index contributed by atoms with van der Waals surface area (Å²) in [4.78, 5) is 2.40. The van der Waals surface area contributed by atoms with E-state index in [9.17, 15) is 0 Å². The lowest BCUT2D eigenvalue weighted by Gasteiger charge is -2.26. The van der Waals surface area contributed by atoms with E-state index in [4.69, 9.17) is 0 Å². The van der Waals surface area contributed by atoms with E-state index in [0.29, 0.717) is 0 Å². The van der Waals surface area contributed by atoms with Gasteiger partial charge in [-0.1, -0.05) is 6.92 Å². The van der Waals surface area contributed by atoms with Gasteiger partial charge in [-0.2, -0.15) is 0 Å². The number of hydrogen-bond acceptors (Lipinski definition) is 2. The fourth-order valence-electron chi connectivity index (χ4n) is 1.14. The predicted octanol–water partition coefficient (Wildman–Crippen LogP) is 1.61. The van der Waals surface area contributed by atoms with Crippen molar-refractivity contribution in [2.24, 2.45) is 5.92 Å². The first-order valence-electron chi connectivity index (χ1n) is 4.29. The summed E-state index contributed by atoms with van der Waals surface area (Å²) >= 11 is 0. The molecule has 0 aromatic heterocycles. The van der Waals surface area contributed by atoms with Gasteiger partial charge in [-0.3, -0.25) is 0 Å². The van der Waals surface area contributed by atoms with E-state index in [-0.39, 0.29) is 0 Å². The Morgan fingerprint density at radius 2 is 1.55 bits per heavy atom. The highest BCUT2D eigenvalue weighted by Gasteiger charge is 2.10. The molecule has 1 aliphatic heterocycles. The Bertz CT molecular complexity index is 67.6. The van der Waals surface area contributed by atoms with Crippen LogP contribution in [-0.4, -0.2) is 39.3 Å². The molecule has 2 heteroatoms. The summed E-state index contributed by atoms with van der Waals surface area (Å²) < 4.78 is 4.25. The van der Waals surface area contributed by atoms with E-state index in [1.807, 2.05) is 0 Å². The van der Waals surface area contributed by atoms with Crippen LogP contribution in [0.25, 0.3) is 0 Å². The Hall–Kier alpha value is -0.0800. The highest BCUT2D eigenvalue weighted by atomic mass is 16.4. The SMILES string of the molecule is CC1CCN(C)CC1.COC. The monoisotopic (exact) mass is 159 g/mol. The van der Waals surface area contributed by atoms with Gasteiger partial charge in [0.05, 0.1) is 0 Å². The van der Waals surface area contributed by atoms with E-state index < -0.39 is 0 Å². The molecule has 68 valence electrons. The zero-order valence-electron chi connectivity index (χ0n) is 8.26. The third-order valence-electron chi connectivity index (χ3n) is 2.01. The third kappa shape index (κ3) is 6.32. The number of ether oxygens (including phenoxy) is 1. The molecule has 1 fully saturated rings. The minimum Gasteiger partial charge on any atom is -0.388 e. The normalized spacial score (nSPS) is 20.7. The quantitative estimate of drug-likeness (QED) is 0.532. The third-order valence-corrected chi connectivity index (χ3v) is 2.01. The number of methoxy groups -OCH3 is 1. The fourth-order valence-corrected chi connectivity index (χ4v) is 1.14. The highest BCUT2D eigenvalue weighted by Crippen LogP contribution is 2.13. The van der Waals surface area contributed by atoms with Gasteiger partial charge in [-0.25, -0.2) is 0 Å². The molecule has 0 atom stereocenters. The molecule has 1 rings (SSSR count). The second-order valence-electron chi connectivity index (χ2n) is 3.39. The smallest absolute Gasteiger partial charge is 0.0351 e. The molecule has 0 amide bonds. The molecule has 0 saturated carbocycles. The molecule has 0 unspecified atom stereocenters. The van der Waals surface area contributed by atoms with Gasteiger partial charge in [-0.15, -0.1) is 0 Å². The molecule has 0 aromatic carbocycles. The van der Waals surface area contributed by atoms with Crippen molar-refractivity contribution in [3.05, 3.63) is 0 Å². The number of hydrogen-bond donors (Lipinski definition) is 0. The van der Waals surface area contributed by atoms with Gasteiger partial charge in [0.15, 0.2) is 0 Å². The number of nitrogens with zero attached hydrogens (tertiary/aromatic N) is 1. The Morgan fingerprint density at radius 3 is 1.82 bits per heavy atom. The van der Waals surface area contributed by atoms with Crippen LogP contribution in [-0.2, 0) is 4.74 Å². The van der Waals surface area contributed by atoms with Gasteiger partial charge in [0.25, 0.3) is 0 Å². The molecule has 0 bridgehead atoms. The molecule has 0 spiro atoms. The van der Waals surface area contributed by atoms with Crippen LogP contribution in [0.5, 0.6) is 0 Å². The predicted molar refractivity (Wildman–Crippen MR) is 48.8 cm³/mol. The second kappa shape index (κ2) is 6.62. The van der Waals surface area contributed by atoms with Gasteiger partial charge in [-0.05, 0) is 38.9 Å². The van der Waals surface area contributed by atoms with Crippen molar-refractivity contribution in [2.45, 2.75) is 19.8 Å². The highest BCUT2D eigenvalue weighted by molar-refractivity contribution is 4.65. The minimum atomic E-state index is 0.978. The van der Waals surface area contributed by atoms with Gasteiger partial charge in [0.1, 0.15) is 0 Å². The molecular formula is C9H21NO. The first-order chi connectivity index (χ1) is 5.20. The Balaban J connectivity index is 0.000000292. The maximum atomic E-state index is 4.25. The van der Waals surface area contributed by atoms with Crippen molar-refractivity contribution < 1.29 is 4.74 Å². The van der Waals surface area contributed by atoms with Gasteiger partial charge in [0, 0.05) is 14.2 Å². The van der Waals surface area contributed by atoms with Gasteiger partial charge >= 0.3 is 0 Å². The molecule has 2 nitrogen and oxygen atoms in total. The summed E-state index contributed by atoms with van der Waals surface area (Å²) in [5.41, 5.74) is 0. The zero-order chi connectivity index (χ0) is 8.69. The first-order valence-corrected chi connectivity index (χ1v) is 4.29. The van der Waals surface area contributed by atoms with Crippen LogP contribution in [0.1, 0.15) is 19.8 Å². The standard InChI is InChI=1S/C7H15N.C2H6O/c1-7-3-5-8(2)6-4-7;1-3-2/h7H,3-6H2,1-2H3;1-2H3. The van der Waals surface area contributed by atoms with E-state index in [1.54, 1.807) is 14.2 Å². The largest absolute Gasteiger partial charge is 0.388 e. The second-order valence-corrected chi connectivity index (χ2v) is 3.39. The van der Waals surface area contributed by atoms with Crippen molar-refractivity contribution in [1.29, 1.82) is 0 Å². The Labute approximate surface area is 70.5 Å². The van der Waals surface area contributed by atoms with Crippen molar-refractivity contribution in [2.75, 3.05) is 34.4 Å². The average Bonchev–Trinajstić information content (AvgIpc) is 1.97. The van der Waals surface area contributed by atoms with Crippen LogP contribution in [0.3, 0.4) is 0 Å². The zero-order valence-corrected chi connectivity index (χ0v) is 8.26. The van der Waals surface area contributed by atoms with Crippen LogP contribution in [0.2, 0.25) is 0 Å². The van der Waals surface area contributed by atoms with E-state index >= 15 is 0 Å². The molecule has 0 aromatic rings. The Morgan fingerprint density at radius 1 is 1.18 bits per heavy atom. The number of likely N-dealkylation sites (tertiary alicyclic amines) is 1. The van der Waals surface area contributed by atoms with Crippen molar-refractivity contribution in [3.63, 3.8) is 0 Å². The lowest BCUT2D eigenvalue weighted by molar-refractivity contribution is 0.230. The topological polar surface area (TPSA) is 12.5 Å². The van der Waals surface area contributed by atoms with Gasteiger partial charge < -0.3 is 9.64 Å². The van der Waals surface area contributed by atoms with Crippen molar-refractivity contribution >= 4 is 0 Å². The van der Waals surface area contributed by atoms with Crippen LogP contribution in [0.15, 0.2) is 0 Å². The molecule has 1 saturated heterocycles. The summed E-state index contributed by atoms with van der Waals surface area (Å²) in [6, 6.07) is 0. The molecule has 0 radical (unpaired) electrons. The number of piperidine rings is 1. The summed E-state index contributed by atoms with van der Waals surface area (Å²) in [5.74, 6) is 0.978. The summed E-state index contributed by atoms with van der Waals surface area (Å²) in [7, 11) is 5.45. The van der Waals surface area contributed by atoms with Crippen LogP contribution >= 0.6 is 0 Å². The van der Waals surface area contributed by atoms with Crippen molar-refractivity contribution in [3.8, 4) is 0 Å². The van der Waals surface area contributed by atoms with E-state index in [2.05, 4.69) is 23.6 Å². The maximum absolute atomic E-state index is 4.25. The lowest BCUT2D eigenvalue weighted by Crippen LogP contribution is -2.28. The minimum absolute atomic E-state index is 0.978. The maximum Gasteiger partial charge on any atom is 0.0351 e. The van der Waals surface area contributed by atoms with Crippen LogP contribution in [0.4, 0.5) is 0 Å². The van der Waals surface area contributed by atoms with Gasteiger partial charge in [0.2, 0.25) is 0 Å². The Kier molecular flexibility index (Phi) is 6.57. The first kappa shape index (κ1) is 10.9. The van der Waals surface area contributed by atoms with E-state index in [0.717, 1.165) is 5.92 Å². The molecular weight excluding hydrogens is 138 g/mol. The number of rotatable bonds is 0. The molecule has 1 aliphatic rings. The summed E-state index contributed by atoms with van der Waals surface area (Å²) in [6.07, 6.45) is 2.80. The summed E-state index contributed by atoms with van der Waals surface area (Å²) in [6.45, 7) is 4.95.